The summed E-state index contributed by atoms with van der Waals surface area (Å²) >= 11 is 5.74. The second-order valence-corrected chi connectivity index (χ2v) is 5.37. The standard InChI is InChI=1S/C12H18ClN3O2/c1-12(2,3)18-15-11(17)8-16(4)10-6-5-9(13)7-14-10/h5-7H,8H2,1-4H3,(H,15,17). The molecule has 1 rings (SSSR count). The number of amides is 1. The number of nitrogens with zero attached hydrogens (tertiary/aromatic N) is 2. The Labute approximate surface area is 112 Å². The lowest BCUT2D eigenvalue weighted by molar-refractivity contribution is -0.144. The average molecular weight is 272 g/mol. The third-order valence-electron chi connectivity index (χ3n) is 1.95. The number of carbonyl (C=O) groups excluding carboxylic acids is 1. The van der Waals surface area contributed by atoms with Crippen molar-refractivity contribution in [2.24, 2.45) is 0 Å². The van der Waals surface area contributed by atoms with Crippen molar-refractivity contribution < 1.29 is 9.63 Å². The predicted octanol–water partition coefficient (Wildman–Crippen LogP) is 2.02. The van der Waals surface area contributed by atoms with Crippen molar-refractivity contribution in [3.05, 3.63) is 23.4 Å². The van der Waals surface area contributed by atoms with Gasteiger partial charge in [-0.2, -0.15) is 0 Å². The molecule has 6 heteroatoms. The molecule has 0 saturated heterocycles. The number of nitrogens with one attached hydrogen (secondary N) is 1. The van der Waals surface area contributed by atoms with Crippen molar-refractivity contribution in [3.63, 3.8) is 0 Å². The molecule has 0 radical (unpaired) electrons. The van der Waals surface area contributed by atoms with E-state index in [9.17, 15) is 4.79 Å². The number of rotatable bonds is 4. The van der Waals surface area contributed by atoms with Crippen LogP contribution in [0, 0.1) is 0 Å². The van der Waals surface area contributed by atoms with Crippen LogP contribution >= 0.6 is 11.6 Å². The molecule has 0 unspecified atom stereocenters. The summed E-state index contributed by atoms with van der Waals surface area (Å²) in [5.74, 6) is 0.439. The van der Waals surface area contributed by atoms with Gasteiger partial charge in [-0.25, -0.2) is 10.5 Å². The van der Waals surface area contributed by atoms with Gasteiger partial charge in [-0.3, -0.25) is 9.63 Å². The maximum absolute atomic E-state index is 11.6. The van der Waals surface area contributed by atoms with Crippen LogP contribution in [0.1, 0.15) is 20.8 Å². The zero-order valence-electron chi connectivity index (χ0n) is 11.0. The van der Waals surface area contributed by atoms with Gasteiger partial charge in [0.15, 0.2) is 0 Å². The van der Waals surface area contributed by atoms with Crippen molar-refractivity contribution >= 4 is 23.3 Å². The van der Waals surface area contributed by atoms with Crippen LogP contribution in [-0.4, -0.2) is 30.1 Å². The molecule has 5 nitrogen and oxygen atoms in total. The predicted molar refractivity (Wildman–Crippen MR) is 71.5 cm³/mol. The van der Waals surface area contributed by atoms with Crippen LogP contribution in [0.25, 0.3) is 0 Å². The molecule has 1 N–H and O–H groups in total. The monoisotopic (exact) mass is 271 g/mol. The number of hydrogen-bond donors (Lipinski definition) is 1. The number of aromatic nitrogens is 1. The fourth-order valence-corrected chi connectivity index (χ4v) is 1.24. The van der Waals surface area contributed by atoms with Gasteiger partial charge in [-0.05, 0) is 32.9 Å². The van der Waals surface area contributed by atoms with Crippen molar-refractivity contribution in [1.82, 2.24) is 10.5 Å². The van der Waals surface area contributed by atoms with E-state index in [4.69, 9.17) is 16.4 Å². The molecule has 1 heterocycles. The minimum atomic E-state index is -0.410. The van der Waals surface area contributed by atoms with Gasteiger partial charge in [0, 0.05) is 13.2 Å². The molecule has 100 valence electrons. The van der Waals surface area contributed by atoms with E-state index in [1.165, 1.54) is 6.20 Å². The van der Waals surface area contributed by atoms with Crippen molar-refractivity contribution in [2.45, 2.75) is 26.4 Å². The third kappa shape index (κ3) is 5.33. The maximum atomic E-state index is 11.6. The quantitative estimate of drug-likeness (QED) is 0.852. The second kappa shape index (κ2) is 6.02. The molecule has 0 saturated carbocycles. The highest BCUT2D eigenvalue weighted by Crippen LogP contribution is 2.12. The molecule has 0 fully saturated rings. The Kier molecular flexibility index (Phi) is 4.93. The fraction of sp³-hybridized carbons (Fsp3) is 0.500. The topological polar surface area (TPSA) is 54.5 Å². The fourth-order valence-electron chi connectivity index (χ4n) is 1.13. The smallest absolute Gasteiger partial charge is 0.263 e. The Bertz CT molecular complexity index is 401. The normalized spacial score (nSPS) is 11.2. The molecule has 0 aromatic carbocycles. The number of anilines is 1. The first kappa shape index (κ1) is 14.7. The summed E-state index contributed by atoms with van der Waals surface area (Å²) < 4.78 is 0. The Balaban J connectivity index is 2.47. The Morgan fingerprint density at radius 1 is 1.50 bits per heavy atom. The molecule has 0 bridgehead atoms. The molecular formula is C12H18ClN3O2. The molecular weight excluding hydrogens is 254 g/mol. The first-order valence-electron chi connectivity index (χ1n) is 5.57. The van der Waals surface area contributed by atoms with Crippen LogP contribution in [0.5, 0.6) is 0 Å². The highest BCUT2D eigenvalue weighted by molar-refractivity contribution is 6.30. The minimum Gasteiger partial charge on any atom is -0.350 e. The van der Waals surface area contributed by atoms with Crippen molar-refractivity contribution in [3.8, 4) is 0 Å². The van der Waals surface area contributed by atoms with E-state index in [2.05, 4.69) is 10.5 Å². The van der Waals surface area contributed by atoms with Crippen LogP contribution < -0.4 is 10.4 Å². The molecule has 18 heavy (non-hydrogen) atoms. The molecule has 0 atom stereocenters. The molecule has 0 spiro atoms. The van der Waals surface area contributed by atoms with E-state index in [-0.39, 0.29) is 12.5 Å². The number of hydroxylamine groups is 1. The Morgan fingerprint density at radius 3 is 2.67 bits per heavy atom. The third-order valence-corrected chi connectivity index (χ3v) is 2.18. The van der Waals surface area contributed by atoms with Gasteiger partial charge in [0.1, 0.15) is 12.4 Å². The molecule has 0 aliphatic carbocycles. The van der Waals surface area contributed by atoms with Gasteiger partial charge in [-0.15, -0.1) is 0 Å². The van der Waals surface area contributed by atoms with E-state index < -0.39 is 5.60 Å². The number of halogens is 1. The van der Waals surface area contributed by atoms with E-state index in [0.717, 1.165) is 0 Å². The highest BCUT2D eigenvalue weighted by Gasteiger charge is 2.14. The summed E-state index contributed by atoms with van der Waals surface area (Å²) in [6, 6.07) is 3.48. The lowest BCUT2D eigenvalue weighted by Gasteiger charge is -2.21. The zero-order chi connectivity index (χ0) is 13.8. The first-order valence-corrected chi connectivity index (χ1v) is 5.95. The van der Waals surface area contributed by atoms with E-state index in [1.54, 1.807) is 24.1 Å². The summed E-state index contributed by atoms with van der Waals surface area (Å²) in [6.45, 7) is 5.73. The second-order valence-electron chi connectivity index (χ2n) is 4.93. The van der Waals surface area contributed by atoms with Gasteiger partial charge in [0.25, 0.3) is 5.91 Å². The number of likely N-dealkylation sites (N-methyl/N-ethyl adjacent to an activating group) is 1. The van der Waals surface area contributed by atoms with Crippen LogP contribution in [0.4, 0.5) is 5.82 Å². The van der Waals surface area contributed by atoms with Crippen LogP contribution in [0.2, 0.25) is 5.02 Å². The minimum absolute atomic E-state index is 0.157. The SMILES string of the molecule is CN(CC(=O)NOC(C)(C)C)c1ccc(Cl)cn1. The number of pyridine rings is 1. The molecule has 1 amide bonds. The van der Waals surface area contributed by atoms with Gasteiger partial charge in [-0.1, -0.05) is 11.6 Å². The van der Waals surface area contributed by atoms with Gasteiger partial charge < -0.3 is 4.90 Å². The summed E-state index contributed by atoms with van der Waals surface area (Å²) in [7, 11) is 1.77. The summed E-state index contributed by atoms with van der Waals surface area (Å²) in [6.07, 6.45) is 1.54. The maximum Gasteiger partial charge on any atom is 0.263 e. The number of hydrogen-bond acceptors (Lipinski definition) is 4. The van der Waals surface area contributed by atoms with Gasteiger partial charge in [0.05, 0.1) is 10.6 Å². The lowest BCUT2D eigenvalue weighted by Crippen LogP contribution is -2.39. The van der Waals surface area contributed by atoms with Gasteiger partial charge in [0.2, 0.25) is 0 Å². The Morgan fingerprint density at radius 2 is 2.17 bits per heavy atom. The lowest BCUT2D eigenvalue weighted by atomic mass is 10.2. The molecule has 0 aliphatic heterocycles. The van der Waals surface area contributed by atoms with Gasteiger partial charge >= 0.3 is 0 Å². The van der Waals surface area contributed by atoms with E-state index in [0.29, 0.717) is 10.8 Å². The van der Waals surface area contributed by atoms with Crippen LogP contribution in [0.15, 0.2) is 18.3 Å². The Hall–Kier alpha value is -1.33. The molecule has 1 aromatic rings. The summed E-state index contributed by atoms with van der Waals surface area (Å²) in [5.41, 5.74) is 1.99. The van der Waals surface area contributed by atoms with E-state index in [1.807, 2.05) is 20.8 Å². The molecule has 0 aliphatic rings. The largest absolute Gasteiger partial charge is 0.350 e. The average Bonchev–Trinajstić information content (AvgIpc) is 2.26. The van der Waals surface area contributed by atoms with Crippen LogP contribution in [0.3, 0.4) is 0 Å². The zero-order valence-corrected chi connectivity index (χ0v) is 11.8. The van der Waals surface area contributed by atoms with Crippen molar-refractivity contribution in [2.75, 3.05) is 18.5 Å². The summed E-state index contributed by atoms with van der Waals surface area (Å²) in [5, 5.41) is 0.563. The first-order chi connectivity index (χ1) is 8.28. The number of carbonyl (C=O) groups is 1. The van der Waals surface area contributed by atoms with Crippen LogP contribution in [-0.2, 0) is 9.63 Å². The van der Waals surface area contributed by atoms with E-state index >= 15 is 0 Å². The summed E-state index contributed by atoms with van der Waals surface area (Å²) in [4.78, 5) is 22.6. The highest BCUT2D eigenvalue weighted by atomic mass is 35.5. The van der Waals surface area contributed by atoms with Crippen molar-refractivity contribution in [1.29, 1.82) is 0 Å². The molecule has 1 aromatic heterocycles.